The summed E-state index contributed by atoms with van der Waals surface area (Å²) in [7, 11) is -6.37. The summed E-state index contributed by atoms with van der Waals surface area (Å²) in [6.07, 6.45) is 6.85. The van der Waals surface area contributed by atoms with Crippen LogP contribution in [0.5, 0.6) is 0 Å². The van der Waals surface area contributed by atoms with Crippen LogP contribution in [-0.4, -0.2) is 178 Å². The fourth-order valence-electron chi connectivity index (χ4n) is 15.0. The van der Waals surface area contributed by atoms with Crippen molar-refractivity contribution in [1.29, 1.82) is 0 Å². The Morgan fingerprint density at radius 1 is 0.479 bits per heavy atom. The Morgan fingerprint density at radius 3 is 1.11 bits per heavy atom. The number of nitrogen functional groups attached to an aromatic ring is 1. The SMILES string of the molecule is C=C[C@H](C)C12COC([C@H](n3ccc(=O)[nH]c3=O)O1)[C@@H]2O[Si](C)(C)C(C)(C)C.C=C[C@H](C)C12COC([C@H](n3ccc(N)nc3=O)O1)[C@@H]2O[Si](C)(C)C(C)(C)C.C=C[C@H](C)C12COC([C@H](n3ccc(NC(=O)c4ccccc4)nc3=O)O1)[C@@H]2O.C=C[C@H](C)C12COC([C@H](n3ccc(NC(=O)c4ccccc4)nc3=O)O1)[C@@H]2O[Si](C)(C)C(C)(C)C. The normalized spacial score (nSPS) is 29.8. The van der Waals surface area contributed by atoms with Gasteiger partial charge in [0.15, 0.2) is 49.9 Å². The molecule has 4 aromatic heterocycles. The number of carbonyl (C=O) groups excluding carboxylic acids is 2. The van der Waals surface area contributed by atoms with E-state index >= 15 is 0 Å². The third-order valence-electron chi connectivity index (χ3n) is 25.8. The summed E-state index contributed by atoms with van der Waals surface area (Å²) in [4.78, 5) is 100. The van der Waals surface area contributed by atoms with Gasteiger partial charge in [0.05, 0.1) is 26.4 Å². The third kappa shape index (κ3) is 17.0. The van der Waals surface area contributed by atoms with E-state index in [2.05, 4.69) is 158 Å². The minimum absolute atomic E-state index is 0.000134. The number of benzene rings is 2. The maximum atomic E-state index is 13.0. The van der Waals surface area contributed by atoms with Crippen LogP contribution in [-0.2, 0) is 51.2 Å². The number of carbonyl (C=O) groups is 2. The number of nitrogens with one attached hydrogen (secondary N) is 3. The van der Waals surface area contributed by atoms with Crippen LogP contribution in [0.1, 0.15) is 136 Å². The molecule has 6 aromatic rings. The topological polar surface area (TPSA) is 366 Å². The van der Waals surface area contributed by atoms with Gasteiger partial charge in [-0.05, 0) is 96.9 Å². The van der Waals surface area contributed by atoms with Gasteiger partial charge in [0.1, 0.15) is 88.7 Å². The molecule has 14 rings (SSSR count). The number of nitrogens with two attached hydrogens (primary N) is 1. The van der Waals surface area contributed by atoms with E-state index in [1.807, 2.05) is 58.1 Å². The Kier molecular flexibility index (Phi) is 25.7. The molecule has 0 saturated carbocycles. The predicted octanol–water partition coefficient (Wildman–Crippen LogP) is 10.8. The van der Waals surface area contributed by atoms with Gasteiger partial charge in [-0.1, -0.05) is 151 Å². The van der Waals surface area contributed by atoms with Crippen LogP contribution in [0.3, 0.4) is 0 Å². The molecule has 8 aliphatic heterocycles. The third-order valence-corrected chi connectivity index (χ3v) is 39.2. The summed E-state index contributed by atoms with van der Waals surface area (Å²) in [6, 6.07) is 23.4. The van der Waals surface area contributed by atoms with Gasteiger partial charge in [-0.25, -0.2) is 19.2 Å². The van der Waals surface area contributed by atoms with E-state index in [9.17, 15) is 38.7 Å². The minimum Gasteiger partial charge on any atom is -0.408 e. The molecule has 0 spiro atoms. The van der Waals surface area contributed by atoms with E-state index in [1.165, 1.54) is 42.8 Å². The number of anilines is 3. The molecule has 20 atom stereocenters. The summed E-state index contributed by atoms with van der Waals surface area (Å²) in [5, 5.41) is 16.0. The molecule has 12 heterocycles. The summed E-state index contributed by atoms with van der Waals surface area (Å²) in [6.45, 7) is 57.9. The molecule has 2 amide bonds. The molecule has 33 heteroatoms. The quantitative estimate of drug-likeness (QED) is 0.0311. The van der Waals surface area contributed by atoms with E-state index in [-0.39, 0.29) is 99.1 Å². The van der Waals surface area contributed by atoms with Crippen molar-refractivity contribution in [3.05, 3.63) is 224 Å². The van der Waals surface area contributed by atoms with E-state index < -0.39 is 125 Å². The number of ether oxygens (including phenoxy) is 8. The van der Waals surface area contributed by atoms with Crippen molar-refractivity contribution >= 4 is 54.2 Å². The van der Waals surface area contributed by atoms with Crippen LogP contribution in [0, 0.1) is 23.7 Å². The summed E-state index contributed by atoms with van der Waals surface area (Å²) in [5.74, 6) is -0.452. The van der Waals surface area contributed by atoms with Crippen molar-refractivity contribution in [2.45, 2.75) is 241 Å². The summed E-state index contributed by atoms with van der Waals surface area (Å²) < 4.78 is 75.4. The van der Waals surface area contributed by atoms with E-state index in [0.717, 1.165) is 0 Å². The molecule has 8 bridgehead atoms. The Labute approximate surface area is 685 Å². The van der Waals surface area contributed by atoms with E-state index in [1.54, 1.807) is 79.1 Å². The van der Waals surface area contributed by atoms with Gasteiger partial charge in [0, 0.05) is 65.7 Å². The zero-order valence-electron chi connectivity index (χ0n) is 70.6. The highest BCUT2D eigenvalue weighted by molar-refractivity contribution is 6.75. The number of aliphatic hydroxyl groups excluding tert-OH is 1. The Morgan fingerprint density at radius 2 is 0.778 bits per heavy atom. The highest BCUT2D eigenvalue weighted by Gasteiger charge is 2.70. The Bertz CT molecular complexity index is 4960. The average molecular weight is 1670 g/mol. The zero-order valence-corrected chi connectivity index (χ0v) is 73.6. The number of rotatable bonds is 22. The maximum absolute atomic E-state index is 13.0. The molecule has 8 unspecified atom stereocenters. The first-order valence-corrected chi connectivity index (χ1v) is 48.4. The molecule has 0 radical (unpaired) electrons. The number of hydrogen-bond donors (Lipinski definition) is 5. The molecule has 8 saturated heterocycles. The number of amides is 2. The maximum Gasteiger partial charge on any atom is 0.351 e. The fourth-order valence-corrected chi connectivity index (χ4v) is 19.0. The van der Waals surface area contributed by atoms with Crippen molar-refractivity contribution in [3.63, 3.8) is 0 Å². The van der Waals surface area contributed by atoms with Gasteiger partial charge in [-0.2, -0.15) is 15.0 Å². The van der Waals surface area contributed by atoms with Gasteiger partial charge in [0.2, 0.25) is 0 Å². The average Bonchev–Trinajstić information content (AvgIpc) is 1.58. The smallest absolute Gasteiger partial charge is 0.351 e. The van der Waals surface area contributed by atoms with Crippen LogP contribution in [0.4, 0.5) is 17.5 Å². The molecule has 6 N–H and O–H groups in total. The van der Waals surface area contributed by atoms with Crippen molar-refractivity contribution in [2.75, 3.05) is 42.8 Å². The zero-order chi connectivity index (χ0) is 85.9. The molecular weight excluding hydrogens is 1550 g/mol. The van der Waals surface area contributed by atoms with E-state index in [4.69, 9.17) is 56.9 Å². The number of H-pyrrole nitrogens is 1. The van der Waals surface area contributed by atoms with Gasteiger partial charge < -0.3 is 72.6 Å². The van der Waals surface area contributed by atoms with Gasteiger partial charge in [-0.3, -0.25) is 37.6 Å². The minimum atomic E-state index is -2.17. The highest BCUT2D eigenvalue weighted by Crippen LogP contribution is 2.57. The molecular formula is C84H117N11O19Si3. The first-order chi connectivity index (χ1) is 54.7. The monoisotopic (exact) mass is 1670 g/mol. The predicted molar refractivity (Wildman–Crippen MR) is 450 cm³/mol. The second kappa shape index (κ2) is 33.7. The molecule has 2 aromatic carbocycles. The first kappa shape index (κ1) is 89.4. The Balaban J connectivity index is 0.000000154. The number of aromatic amines is 1. The molecule has 8 aliphatic rings. The molecule has 30 nitrogen and oxygen atoms in total. The van der Waals surface area contributed by atoms with Gasteiger partial charge in [0.25, 0.3) is 17.4 Å². The first-order valence-electron chi connectivity index (χ1n) is 39.7. The van der Waals surface area contributed by atoms with Crippen LogP contribution < -0.4 is 44.7 Å². The lowest BCUT2D eigenvalue weighted by atomic mass is 9.86. The van der Waals surface area contributed by atoms with Gasteiger partial charge >= 0.3 is 22.8 Å². The number of hydrogen-bond acceptors (Lipinski definition) is 23. The number of nitrogens with zero attached hydrogens (tertiary/aromatic N) is 7. The van der Waals surface area contributed by atoms with Crippen molar-refractivity contribution in [3.8, 4) is 0 Å². The lowest BCUT2D eigenvalue weighted by Gasteiger charge is -2.42. The molecule has 634 valence electrons. The highest BCUT2D eigenvalue weighted by atomic mass is 28.4. The lowest BCUT2D eigenvalue weighted by molar-refractivity contribution is -0.186. The van der Waals surface area contributed by atoms with Crippen molar-refractivity contribution < 1.29 is 65.9 Å². The van der Waals surface area contributed by atoms with Crippen LogP contribution in [0.25, 0.3) is 0 Å². The standard InChI is InChI=1S/C26H35N3O5Si.C20H21N3O5.C19H31N3O4Si.C19H30N2O5Si/c1-8-17(2)26-16-32-20(21(26)34-35(6,7)25(3,4)5)23(33-26)29-15-14-19(28-24(29)31)27-22(30)18-12-10-9-11-13-18;1-3-12(2)20-11-27-15(16(20)24)18(28-20)23-10-9-14(22-19(23)26)21-17(25)13-7-5-4-6-8-13;1-8-12(2)19-11-24-14(15(19)26-27(6,7)18(3,4)5)16(25-19)22-10-9-13(20)21-17(22)23;1-8-12(2)19-11-24-14(15(19)26-27(6,7)18(3,4)5)16(25-19)21-10-9-13(22)20-17(21)23/h8-15,17,20-21,23H,1,16H2,2-7H3,(H,27,28,30,31);3-10,12,15-16,18,24H,1,11H2,2H3,(H,21,22,25,26);8-10,12,14-16H,1,11H2,2-7H3,(H2,20,21,23);8-10,12,14-16H,1,11H2,2-7H3,(H,20,22,23)/t17-,20?,21-,23+,26?;12-,15?,16-,18+,20?;2*12-,14?,15-,16+,19?/m0000/s1. The lowest BCUT2D eigenvalue weighted by Crippen LogP contribution is -2.53. The number of aliphatic hydroxyl groups is 1. The fraction of sp³-hybridized carbons (Fsp3) is 0.548. The molecule has 8 fully saturated rings. The second-order valence-electron chi connectivity index (χ2n) is 36.1. The van der Waals surface area contributed by atoms with Gasteiger partial charge in [-0.15, -0.1) is 26.3 Å². The summed E-state index contributed by atoms with van der Waals surface area (Å²) >= 11 is 0. The van der Waals surface area contributed by atoms with Crippen LogP contribution in [0.2, 0.25) is 54.4 Å². The Hall–Kier alpha value is -8.37. The number of aromatic nitrogens is 8. The summed E-state index contributed by atoms with van der Waals surface area (Å²) in [5.41, 5.74) is 0.950. The van der Waals surface area contributed by atoms with Crippen LogP contribution in [0.15, 0.2) is 184 Å². The largest absolute Gasteiger partial charge is 0.408 e. The van der Waals surface area contributed by atoms with Crippen molar-refractivity contribution in [2.24, 2.45) is 23.7 Å². The second-order valence-corrected chi connectivity index (χ2v) is 50.4. The van der Waals surface area contributed by atoms with E-state index in [0.29, 0.717) is 30.9 Å². The van der Waals surface area contributed by atoms with Crippen LogP contribution >= 0.6 is 0 Å². The molecule has 117 heavy (non-hydrogen) atoms. The molecule has 0 aliphatic carbocycles. The van der Waals surface area contributed by atoms with Crippen molar-refractivity contribution in [1.82, 2.24) is 38.2 Å². The number of fused-ring (bicyclic) bond motifs is 8.